The van der Waals surface area contributed by atoms with Crippen LogP contribution in [0.4, 0.5) is 11.6 Å². The summed E-state index contributed by atoms with van der Waals surface area (Å²) in [5.41, 5.74) is 1.66. The summed E-state index contributed by atoms with van der Waals surface area (Å²) >= 11 is 0. The first kappa shape index (κ1) is 17.3. The van der Waals surface area contributed by atoms with Gasteiger partial charge >= 0.3 is 5.97 Å². The topological polar surface area (TPSA) is 113 Å². The number of aliphatic carboxylic acids is 1. The van der Waals surface area contributed by atoms with Crippen molar-refractivity contribution in [2.45, 2.75) is 13.0 Å². The van der Waals surface area contributed by atoms with Gasteiger partial charge in [-0.3, -0.25) is 14.8 Å². The number of carboxylic acids is 1. The van der Waals surface area contributed by atoms with Crippen molar-refractivity contribution in [3.8, 4) is 11.5 Å². The van der Waals surface area contributed by atoms with E-state index in [9.17, 15) is 4.79 Å². The van der Waals surface area contributed by atoms with Crippen molar-refractivity contribution in [1.82, 2.24) is 19.9 Å². The molecule has 0 amide bonds. The lowest BCUT2D eigenvalue weighted by molar-refractivity contribution is -0.136. The molecule has 26 heavy (non-hydrogen) atoms. The Morgan fingerprint density at radius 1 is 1.04 bits per heavy atom. The van der Waals surface area contributed by atoms with E-state index < -0.39 is 5.97 Å². The van der Waals surface area contributed by atoms with Crippen molar-refractivity contribution in [3.05, 3.63) is 60.6 Å². The van der Waals surface area contributed by atoms with Gasteiger partial charge in [0.25, 0.3) is 0 Å². The normalized spacial score (nSPS) is 10.3. The molecule has 3 aromatic rings. The fourth-order valence-electron chi connectivity index (χ4n) is 2.23. The van der Waals surface area contributed by atoms with Gasteiger partial charge in [-0.15, -0.1) is 0 Å². The molecule has 0 saturated carbocycles. The zero-order valence-electron chi connectivity index (χ0n) is 14.0. The Morgan fingerprint density at radius 3 is 2.58 bits per heavy atom. The first-order valence-electron chi connectivity index (χ1n) is 8.09. The molecule has 3 N–H and O–H groups in total. The molecule has 8 nitrogen and oxygen atoms in total. The average molecular weight is 350 g/mol. The number of carbonyl (C=O) groups is 1. The standard InChI is InChI=1S/C18H18N6O2/c25-17(26)6-9-21-15-10-16(22-12-13-4-3-7-19-11-13)24-18(23-15)14-5-1-2-8-20-14/h1-5,7-8,10-11H,6,9,12H2,(H,25,26)(H2,21,22,23,24). The Bertz CT molecular complexity index is 858. The van der Waals surface area contributed by atoms with Crippen molar-refractivity contribution < 1.29 is 9.90 Å². The summed E-state index contributed by atoms with van der Waals surface area (Å²) in [5, 5.41) is 15.0. The van der Waals surface area contributed by atoms with E-state index >= 15 is 0 Å². The van der Waals surface area contributed by atoms with Crippen LogP contribution in [0.25, 0.3) is 11.5 Å². The highest BCUT2D eigenvalue weighted by Gasteiger charge is 2.08. The van der Waals surface area contributed by atoms with Crippen LogP contribution in [0.2, 0.25) is 0 Å². The highest BCUT2D eigenvalue weighted by molar-refractivity contribution is 5.67. The Kier molecular flexibility index (Phi) is 5.66. The molecule has 0 aromatic carbocycles. The van der Waals surface area contributed by atoms with Crippen LogP contribution in [0.15, 0.2) is 55.0 Å². The van der Waals surface area contributed by atoms with Gasteiger partial charge in [0.1, 0.15) is 17.3 Å². The van der Waals surface area contributed by atoms with Gasteiger partial charge in [0.2, 0.25) is 0 Å². The van der Waals surface area contributed by atoms with Gasteiger partial charge in [0.15, 0.2) is 5.82 Å². The van der Waals surface area contributed by atoms with E-state index in [1.54, 1.807) is 24.7 Å². The number of nitrogens with one attached hydrogen (secondary N) is 2. The van der Waals surface area contributed by atoms with Gasteiger partial charge in [-0.2, -0.15) is 0 Å². The maximum absolute atomic E-state index is 10.7. The molecule has 0 atom stereocenters. The predicted molar refractivity (Wildman–Crippen MR) is 97.6 cm³/mol. The van der Waals surface area contributed by atoms with E-state index in [1.807, 2.05) is 30.3 Å². The quantitative estimate of drug-likeness (QED) is 0.568. The van der Waals surface area contributed by atoms with Gasteiger partial charge in [-0.25, -0.2) is 9.97 Å². The van der Waals surface area contributed by atoms with Crippen LogP contribution >= 0.6 is 0 Å². The number of hydrogen-bond donors (Lipinski definition) is 3. The number of rotatable bonds is 8. The lowest BCUT2D eigenvalue weighted by Gasteiger charge is -2.11. The minimum atomic E-state index is -0.869. The lowest BCUT2D eigenvalue weighted by Crippen LogP contribution is -2.11. The molecule has 3 rings (SSSR count). The Balaban J connectivity index is 1.81. The second-order valence-electron chi connectivity index (χ2n) is 5.46. The van der Waals surface area contributed by atoms with E-state index in [0.29, 0.717) is 29.7 Å². The minimum Gasteiger partial charge on any atom is -0.481 e. The maximum atomic E-state index is 10.7. The molecule has 0 aliphatic carbocycles. The fraction of sp³-hybridized carbons (Fsp3) is 0.167. The summed E-state index contributed by atoms with van der Waals surface area (Å²) in [6, 6.07) is 11.1. The molecule has 0 unspecified atom stereocenters. The van der Waals surface area contributed by atoms with E-state index in [1.165, 1.54) is 0 Å². The first-order valence-corrected chi connectivity index (χ1v) is 8.09. The third-order valence-electron chi connectivity index (χ3n) is 3.46. The molecule has 0 radical (unpaired) electrons. The molecule has 0 aliphatic heterocycles. The molecule has 0 spiro atoms. The van der Waals surface area contributed by atoms with Crippen LogP contribution in [-0.2, 0) is 11.3 Å². The number of pyridine rings is 2. The van der Waals surface area contributed by atoms with Gasteiger partial charge in [0, 0.05) is 37.7 Å². The Hall–Kier alpha value is -3.55. The van der Waals surface area contributed by atoms with Crippen LogP contribution in [0.5, 0.6) is 0 Å². The van der Waals surface area contributed by atoms with Crippen LogP contribution in [0.3, 0.4) is 0 Å². The second-order valence-corrected chi connectivity index (χ2v) is 5.46. The molecule has 3 heterocycles. The first-order chi connectivity index (χ1) is 12.7. The zero-order chi connectivity index (χ0) is 18.2. The molecule has 0 fully saturated rings. The van der Waals surface area contributed by atoms with Crippen molar-refractivity contribution in [2.24, 2.45) is 0 Å². The highest BCUT2D eigenvalue weighted by atomic mass is 16.4. The SMILES string of the molecule is O=C(O)CCNc1cc(NCc2cccnc2)nc(-c2ccccn2)n1. The van der Waals surface area contributed by atoms with Gasteiger partial charge in [0.05, 0.1) is 6.42 Å². The number of carboxylic acid groups (broad SMARTS) is 1. The largest absolute Gasteiger partial charge is 0.481 e. The Labute approximate surface area is 150 Å². The molecular weight excluding hydrogens is 332 g/mol. The Morgan fingerprint density at radius 2 is 1.88 bits per heavy atom. The third-order valence-corrected chi connectivity index (χ3v) is 3.46. The molecule has 0 aliphatic rings. The summed E-state index contributed by atoms with van der Waals surface area (Å²) in [6.07, 6.45) is 5.17. The summed E-state index contributed by atoms with van der Waals surface area (Å²) in [5.74, 6) is 0.740. The zero-order valence-corrected chi connectivity index (χ0v) is 14.0. The molecular formula is C18H18N6O2. The van der Waals surface area contributed by atoms with E-state index in [0.717, 1.165) is 5.56 Å². The number of nitrogens with zero attached hydrogens (tertiary/aromatic N) is 4. The van der Waals surface area contributed by atoms with Gasteiger partial charge < -0.3 is 15.7 Å². The fourth-order valence-corrected chi connectivity index (χ4v) is 2.23. The van der Waals surface area contributed by atoms with Gasteiger partial charge in [-0.05, 0) is 23.8 Å². The molecule has 8 heteroatoms. The van der Waals surface area contributed by atoms with Crippen LogP contribution in [0, 0.1) is 0 Å². The molecule has 3 aromatic heterocycles. The summed E-state index contributed by atoms with van der Waals surface area (Å²) in [7, 11) is 0. The molecule has 0 bridgehead atoms. The molecule has 132 valence electrons. The van der Waals surface area contributed by atoms with Crippen molar-refractivity contribution >= 4 is 17.6 Å². The third kappa shape index (κ3) is 4.97. The number of hydrogen-bond acceptors (Lipinski definition) is 7. The van der Waals surface area contributed by atoms with Crippen LogP contribution in [-0.4, -0.2) is 37.6 Å². The maximum Gasteiger partial charge on any atom is 0.305 e. The molecule has 0 saturated heterocycles. The highest BCUT2D eigenvalue weighted by Crippen LogP contribution is 2.19. The summed E-state index contributed by atoms with van der Waals surface area (Å²) in [6.45, 7) is 0.830. The van der Waals surface area contributed by atoms with E-state index in [-0.39, 0.29) is 13.0 Å². The van der Waals surface area contributed by atoms with Crippen LogP contribution < -0.4 is 10.6 Å². The second kappa shape index (κ2) is 8.52. The number of anilines is 2. The van der Waals surface area contributed by atoms with E-state index in [2.05, 4.69) is 30.6 Å². The summed E-state index contributed by atoms with van der Waals surface area (Å²) in [4.78, 5) is 28.0. The van der Waals surface area contributed by atoms with Gasteiger partial charge in [-0.1, -0.05) is 12.1 Å². The van der Waals surface area contributed by atoms with E-state index in [4.69, 9.17) is 5.11 Å². The smallest absolute Gasteiger partial charge is 0.305 e. The predicted octanol–water partition coefficient (Wildman–Crippen LogP) is 2.43. The number of aromatic nitrogens is 4. The van der Waals surface area contributed by atoms with Crippen molar-refractivity contribution in [1.29, 1.82) is 0 Å². The van der Waals surface area contributed by atoms with Crippen molar-refractivity contribution in [2.75, 3.05) is 17.2 Å². The van der Waals surface area contributed by atoms with Crippen LogP contribution in [0.1, 0.15) is 12.0 Å². The lowest BCUT2D eigenvalue weighted by atomic mass is 10.3. The monoisotopic (exact) mass is 350 g/mol. The summed E-state index contributed by atoms with van der Waals surface area (Å²) < 4.78 is 0. The minimum absolute atomic E-state index is 0.00136. The van der Waals surface area contributed by atoms with Crippen molar-refractivity contribution in [3.63, 3.8) is 0 Å². The average Bonchev–Trinajstić information content (AvgIpc) is 2.67.